The molecule has 1 rings (SSSR count). The van der Waals surface area contributed by atoms with Crippen LogP contribution < -0.4 is 5.32 Å². The van der Waals surface area contributed by atoms with Gasteiger partial charge in [-0.2, -0.15) is 5.06 Å². The maximum absolute atomic E-state index is 11.5. The summed E-state index contributed by atoms with van der Waals surface area (Å²) in [5.74, 6) is -0.0366. The van der Waals surface area contributed by atoms with E-state index in [2.05, 4.69) is 5.32 Å². The second-order valence-corrected chi connectivity index (χ2v) is 4.46. The number of amides is 2. The first-order chi connectivity index (χ1) is 6.91. The number of hydroxylamine groups is 2. The standard InChI is InChI=1S/C10H18N2O3/c1-6(2)5-8-9(13)15-12(7(3)4)10(14)11-8/h6-8H,5H2,1-4H3,(H,11,14)/t8-/m0/s1. The SMILES string of the molecule is CC(C)C[C@@H]1NC(=O)N(C(C)C)OC1=O. The Morgan fingerprint density at radius 2 is 1.93 bits per heavy atom. The van der Waals surface area contributed by atoms with Crippen molar-refractivity contribution in [2.24, 2.45) is 5.92 Å². The normalized spacial score (nSPS) is 22.0. The molecule has 1 heterocycles. The molecule has 1 aliphatic rings. The Balaban J connectivity index is 2.63. The summed E-state index contributed by atoms with van der Waals surface area (Å²) in [6, 6.07) is -0.989. The van der Waals surface area contributed by atoms with Crippen LogP contribution in [-0.4, -0.2) is 29.1 Å². The van der Waals surface area contributed by atoms with Gasteiger partial charge in [-0.1, -0.05) is 13.8 Å². The molecule has 86 valence electrons. The first-order valence-corrected chi connectivity index (χ1v) is 5.23. The van der Waals surface area contributed by atoms with E-state index in [-0.39, 0.29) is 18.0 Å². The largest absolute Gasteiger partial charge is 0.354 e. The third kappa shape index (κ3) is 2.84. The highest BCUT2D eigenvalue weighted by Gasteiger charge is 2.35. The molecule has 2 amide bonds. The van der Waals surface area contributed by atoms with Crippen LogP contribution in [0.15, 0.2) is 0 Å². The maximum atomic E-state index is 11.5. The quantitative estimate of drug-likeness (QED) is 0.770. The van der Waals surface area contributed by atoms with Gasteiger partial charge < -0.3 is 10.2 Å². The minimum Gasteiger partial charge on any atom is -0.334 e. The molecule has 0 unspecified atom stereocenters. The van der Waals surface area contributed by atoms with Gasteiger partial charge in [0.2, 0.25) is 0 Å². The summed E-state index contributed by atoms with van der Waals surface area (Å²) in [7, 11) is 0. The van der Waals surface area contributed by atoms with Crippen LogP contribution in [0.2, 0.25) is 0 Å². The zero-order valence-corrected chi connectivity index (χ0v) is 9.61. The Labute approximate surface area is 89.7 Å². The van der Waals surface area contributed by atoms with Gasteiger partial charge >= 0.3 is 12.0 Å². The number of hydrogen-bond donors (Lipinski definition) is 1. The number of carbonyl (C=O) groups excluding carboxylic acids is 2. The van der Waals surface area contributed by atoms with Crippen LogP contribution in [0.4, 0.5) is 4.79 Å². The molecule has 0 aromatic carbocycles. The van der Waals surface area contributed by atoms with Crippen LogP contribution in [0.3, 0.4) is 0 Å². The van der Waals surface area contributed by atoms with Crippen molar-refractivity contribution in [2.75, 3.05) is 0 Å². The van der Waals surface area contributed by atoms with Gasteiger partial charge in [-0.25, -0.2) is 9.59 Å². The molecule has 5 heteroatoms. The van der Waals surface area contributed by atoms with Gasteiger partial charge in [0.1, 0.15) is 6.04 Å². The second-order valence-electron chi connectivity index (χ2n) is 4.46. The Hall–Kier alpha value is -1.26. The highest BCUT2D eigenvalue weighted by molar-refractivity contribution is 5.87. The van der Waals surface area contributed by atoms with Crippen LogP contribution in [0.25, 0.3) is 0 Å². The van der Waals surface area contributed by atoms with E-state index >= 15 is 0 Å². The van der Waals surface area contributed by atoms with Gasteiger partial charge in [0.25, 0.3) is 0 Å². The zero-order chi connectivity index (χ0) is 11.6. The lowest BCUT2D eigenvalue weighted by Gasteiger charge is -2.33. The molecule has 0 spiro atoms. The molecule has 0 bridgehead atoms. The Bertz CT molecular complexity index is 263. The lowest BCUT2D eigenvalue weighted by molar-refractivity contribution is -0.192. The number of nitrogens with one attached hydrogen (secondary N) is 1. The number of nitrogens with zero attached hydrogens (tertiary/aromatic N) is 1. The summed E-state index contributed by atoms with van der Waals surface area (Å²) in [6.45, 7) is 7.56. The Kier molecular flexibility index (Phi) is 3.55. The third-order valence-electron chi connectivity index (χ3n) is 2.15. The van der Waals surface area contributed by atoms with Gasteiger partial charge in [0.05, 0.1) is 6.04 Å². The highest BCUT2D eigenvalue weighted by atomic mass is 16.7. The molecule has 1 saturated heterocycles. The average molecular weight is 214 g/mol. The van der Waals surface area contributed by atoms with E-state index in [4.69, 9.17) is 4.84 Å². The molecule has 1 fully saturated rings. The molecule has 0 radical (unpaired) electrons. The van der Waals surface area contributed by atoms with E-state index in [0.29, 0.717) is 12.3 Å². The number of rotatable bonds is 3. The minimum atomic E-state index is -0.507. The number of hydrogen-bond acceptors (Lipinski definition) is 3. The first-order valence-electron chi connectivity index (χ1n) is 5.23. The fraction of sp³-hybridized carbons (Fsp3) is 0.800. The van der Waals surface area contributed by atoms with E-state index in [0.717, 1.165) is 5.06 Å². The molecule has 0 saturated carbocycles. The summed E-state index contributed by atoms with van der Waals surface area (Å²) in [5.41, 5.74) is 0. The molecular formula is C10H18N2O3. The molecule has 0 aromatic rings. The molecule has 1 aliphatic heterocycles. The van der Waals surface area contributed by atoms with Crippen LogP contribution in [0.5, 0.6) is 0 Å². The van der Waals surface area contributed by atoms with Crippen molar-refractivity contribution in [3.05, 3.63) is 0 Å². The molecule has 1 N–H and O–H groups in total. The summed E-state index contributed by atoms with van der Waals surface area (Å²) < 4.78 is 0. The predicted octanol–water partition coefficient (Wildman–Crippen LogP) is 1.29. The van der Waals surface area contributed by atoms with Crippen LogP contribution >= 0.6 is 0 Å². The average Bonchev–Trinajstić information content (AvgIpc) is 2.09. The van der Waals surface area contributed by atoms with Crippen molar-refractivity contribution in [3.63, 3.8) is 0 Å². The third-order valence-corrected chi connectivity index (χ3v) is 2.15. The van der Waals surface area contributed by atoms with Crippen molar-refractivity contribution in [1.82, 2.24) is 10.4 Å². The van der Waals surface area contributed by atoms with Crippen molar-refractivity contribution >= 4 is 12.0 Å². The van der Waals surface area contributed by atoms with Crippen molar-refractivity contribution in [3.8, 4) is 0 Å². The van der Waals surface area contributed by atoms with E-state index in [1.807, 2.05) is 13.8 Å². The fourth-order valence-electron chi connectivity index (χ4n) is 1.44. The molecule has 1 atom stereocenters. The van der Waals surface area contributed by atoms with Crippen molar-refractivity contribution in [2.45, 2.75) is 46.2 Å². The summed E-state index contributed by atoms with van der Waals surface area (Å²) in [4.78, 5) is 28.0. The summed E-state index contributed by atoms with van der Waals surface area (Å²) in [5, 5.41) is 3.71. The summed E-state index contributed by atoms with van der Waals surface area (Å²) >= 11 is 0. The van der Waals surface area contributed by atoms with E-state index < -0.39 is 6.04 Å². The van der Waals surface area contributed by atoms with Gasteiger partial charge in [0, 0.05) is 0 Å². The number of carbonyl (C=O) groups is 2. The van der Waals surface area contributed by atoms with Gasteiger partial charge in [-0.15, -0.1) is 0 Å². The molecule has 0 aromatic heterocycles. The first kappa shape index (κ1) is 11.8. The zero-order valence-electron chi connectivity index (χ0n) is 9.61. The minimum absolute atomic E-state index is 0.144. The molecule has 15 heavy (non-hydrogen) atoms. The maximum Gasteiger partial charge on any atom is 0.354 e. The van der Waals surface area contributed by atoms with Crippen LogP contribution in [0, 0.1) is 5.92 Å². The van der Waals surface area contributed by atoms with Crippen molar-refractivity contribution < 1.29 is 14.4 Å². The Morgan fingerprint density at radius 3 is 2.40 bits per heavy atom. The molecular weight excluding hydrogens is 196 g/mol. The van der Waals surface area contributed by atoms with Crippen LogP contribution in [0.1, 0.15) is 34.1 Å². The van der Waals surface area contributed by atoms with E-state index in [1.165, 1.54) is 0 Å². The topological polar surface area (TPSA) is 58.6 Å². The summed E-state index contributed by atoms with van der Waals surface area (Å²) in [6.07, 6.45) is 0.608. The van der Waals surface area contributed by atoms with E-state index in [1.54, 1.807) is 13.8 Å². The highest BCUT2D eigenvalue weighted by Crippen LogP contribution is 2.13. The second kappa shape index (κ2) is 4.51. The number of urea groups is 1. The molecule has 0 aliphatic carbocycles. The fourth-order valence-corrected chi connectivity index (χ4v) is 1.44. The lowest BCUT2D eigenvalue weighted by Crippen LogP contribution is -2.58. The van der Waals surface area contributed by atoms with Crippen LogP contribution in [-0.2, 0) is 9.63 Å². The smallest absolute Gasteiger partial charge is 0.334 e. The van der Waals surface area contributed by atoms with Gasteiger partial charge in [-0.3, -0.25) is 0 Å². The van der Waals surface area contributed by atoms with Crippen molar-refractivity contribution in [1.29, 1.82) is 0 Å². The lowest BCUT2D eigenvalue weighted by atomic mass is 10.0. The van der Waals surface area contributed by atoms with Gasteiger partial charge in [0.15, 0.2) is 0 Å². The van der Waals surface area contributed by atoms with Gasteiger partial charge in [-0.05, 0) is 26.2 Å². The molecule has 5 nitrogen and oxygen atoms in total. The van der Waals surface area contributed by atoms with E-state index in [9.17, 15) is 9.59 Å². The predicted molar refractivity (Wildman–Crippen MR) is 54.8 cm³/mol. The monoisotopic (exact) mass is 214 g/mol. The Morgan fingerprint density at radius 1 is 1.33 bits per heavy atom.